The Hall–Kier alpha value is -2.56. The predicted molar refractivity (Wildman–Crippen MR) is 94.0 cm³/mol. The number of esters is 1. The van der Waals surface area contributed by atoms with Gasteiger partial charge in [-0.15, -0.1) is 0 Å². The summed E-state index contributed by atoms with van der Waals surface area (Å²) < 4.78 is 10.8. The number of carbonyl (C=O) groups is 2. The molecule has 2 atom stereocenters. The van der Waals surface area contributed by atoms with Gasteiger partial charge in [0.15, 0.2) is 0 Å². The fraction of sp³-hybridized carbons (Fsp3) is 0.400. The van der Waals surface area contributed by atoms with E-state index in [4.69, 9.17) is 9.47 Å². The minimum absolute atomic E-state index is 0.134. The van der Waals surface area contributed by atoms with Crippen molar-refractivity contribution in [2.24, 2.45) is 5.92 Å². The number of hydrogen-bond acceptors (Lipinski definition) is 5. The van der Waals surface area contributed by atoms with Crippen LogP contribution in [0.15, 0.2) is 47.3 Å². The van der Waals surface area contributed by atoms with Crippen molar-refractivity contribution in [2.75, 3.05) is 13.7 Å². The highest BCUT2D eigenvalue weighted by molar-refractivity contribution is 5.96. The van der Waals surface area contributed by atoms with Gasteiger partial charge < -0.3 is 14.8 Å². The van der Waals surface area contributed by atoms with E-state index in [1.807, 2.05) is 31.2 Å². The van der Waals surface area contributed by atoms with E-state index < -0.39 is 11.8 Å². The molecule has 25 heavy (non-hydrogen) atoms. The minimum atomic E-state index is -0.409. The maximum Gasteiger partial charge on any atom is 0.336 e. The summed E-state index contributed by atoms with van der Waals surface area (Å²) in [6.45, 7) is 3.92. The molecule has 1 aromatic rings. The second-order valence-electron chi connectivity index (χ2n) is 6.25. The molecule has 1 N–H and O–H groups in total. The lowest BCUT2D eigenvalue weighted by atomic mass is 9.71. The Morgan fingerprint density at radius 3 is 2.76 bits per heavy atom. The Balaban J connectivity index is 2.20. The van der Waals surface area contributed by atoms with Gasteiger partial charge in [-0.2, -0.15) is 0 Å². The number of hydrogen-bond donors (Lipinski definition) is 1. The summed E-state index contributed by atoms with van der Waals surface area (Å²) in [4.78, 5) is 25.4. The number of allylic oxidation sites excluding steroid dienone is 3. The third-order valence-corrected chi connectivity index (χ3v) is 4.79. The van der Waals surface area contributed by atoms with Crippen LogP contribution in [0, 0.1) is 5.92 Å². The van der Waals surface area contributed by atoms with Gasteiger partial charge in [0.05, 0.1) is 25.2 Å². The number of ketones is 1. The van der Waals surface area contributed by atoms with Crippen LogP contribution in [-0.4, -0.2) is 25.5 Å². The summed E-state index contributed by atoms with van der Waals surface area (Å²) in [5, 5.41) is 3.25. The zero-order valence-electron chi connectivity index (χ0n) is 14.8. The van der Waals surface area contributed by atoms with Gasteiger partial charge >= 0.3 is 5.97 Å². The van der Waals surface area contributed by atoms with E-state index in [1.165, 1.54) is 0 Å². The van der Waals surface area contributed by atoms with Crippen LogP contribution in [-0.2, 0) is 14.3 Å². The van der Waals surface area contributed by atoms with E-state index >= 15 is 0 Å². The Morgan fingerprint density at radius 1 is 1.28 bits per heavy atom. The highest BCUT2D eigenvalue weighted by atomic mass is 16.5. The number of Topliss-reactive ketones (excluding diaryl/α,β-unsaturated/α-hetero) is 1. The molecule has 5 nitrogen and oxygen atoms in total. The van der Waals surface area contributed by atoms with Gasteiger partial charge in [0.25, 0.3) is 0 Å². The second kappa shape index (κ2) is 7.13. The van der Waals surface area contributed by atoms with Crippen LogP contribution in [0.2, 0.25) is 0 Å². The van der Waals surface area contributed by atoms with E-state index in [-0.39, 0.29) is 18.4 Å². The van der Waals surface area contributed by atoms with Crippen molar-refractivity contribution in [1.82, 2.24) is 5.32 Å². The molecular weight excluding hydrogens is 318 g/mol. The molecule has 132 valence electrons. The van der Waals surface area contributed by atoms with Crippen LogP contribution >= 0.6 is 0 Å². The summed E-state index contributed by atoms with van der Waals surface area (Å²) in [5.74, 6) is -0.401. The molecule has 0 aromatic heterocycles. The molecule has 1 aliphatic carbocycles. The SMILES string of the molecule is CCOC(=O)C1=C(C)NC2=CCCC(=O)C2C1c1ccccc1OC. The number of fused-ring (bicyclic) bond motifs is 1. The third kappa shape index (κ3) is 3.06. The molecule has 1 heterocycles. The molecule has 2 unspecified atom stereocenters. The van der Waals surface area contributed by atoms with Crippen molar-refractivity contribution in [3.05, 3.63) is 52.9 Å². The molecule has 0 saturated heterocycles. The number of carbonyl (C=O) groups excluding carboxylic acids is 2. The predicted octanol–water partition coefficient (Wildman–Crippen LogP) is 3.08. The molecule has 0 saturated carbocycles. The first-order chi connectivity index (χ1) is 12.1. The van der Waals surface area contributed by atoms with E-state index in [0.29, 0.717) is 17.7 Å². The van der Waals surface area contributed by atoms with Gasteiger partial charge in [-0.1, -0.05) is 24.3 Å². The quantitative estimate of drug-likeness (QED) is 0.853. The first kappa shape index (κ1) is 17.3. The van der Waals surface area contributed by atoms with Crippen molar-refractivity contribution in [3.63, 3.8) is 0 Å². The monoisotopic (exact) mass is 341 g/mol. The first-order valence-corrected chi connectivity index (χ1v) is 8.59. The van der Waals surface area contributed by atoms with Crippen LogP contribution in [0.3, 0.4) is 0 Å². The smallest absolute Gasteiger partial charge is 0.336 e. The summed E-state index contributed by atoms with van der Waals surface area (Å²) in [7, 11) is 1.60. The molecule has 0 amide bonds. The molecule has 2 aliphatic rings. The maximum absolute atomic E-state index is 12.7. The van der Waals surface area contributed by atoms with E-state index in [9.17, 15) is 9.59 Å². The van der Waals surface area contributed by atoms with Crippen LogP contribution in [0.25, 0.3) is 0 Å². The standard InChI is InChI=1S/C20H23NO4/c1-4-25-20(23)17-12(2)21-14-9-7-10-15(22)19(14)18(17)13-8-5-6-11-16(13)24-3/h5-6,8-9,11,18-19,21H,4,7,10H2,1-3H3. The topological polar surface area (TPSA) is 64.6 Å². The first-order valence-electron chi connectivity index (χ1n) is 8.59. The molecular formula is C20H23NO4. The molecule has 0 fully saturated rings. The molecule has 0 radical (unpaired) electrons. The second-order valence-corrected chi connectivity index (χ2v) is 6.25. The van der Waals surface area contributed by atoms with Gasteiger partial charge in [-0.3, -0.25) is 4.79 Å². The lowest BCUT2D eigenvalue weighted by molar-refractivity contribution is -0.139. The number of methoxy groups -OCH3 is 1. The molecule has 1 aromatic carbocycles. The Kier molecular flexibility index (Phi) is 4.93. The lowest BCUT2D eigenvalue weighted by Crippen LogP contribution is -2.40. The maximum atomic E-state index is 12.7. The van der Waals surface area contributed by atoms with Crippen molar-refractivity contribution in [1.29, 1.82) is 0 Å². The largest absolute Gasteiger partial charge is 0.496 e. The summed E-state index contributed by atoms with van der Waals surface area (Å²) in [5.41, 5.74) is 2.94. The number of rotatable bonds is 4. The van der Waals surface area contributed by atoms with Crippen LogP contribution in [0.1, 0.15) is 38.2 Å². The normalized spacial score (nSPS) is 22.7. The molecule has 0 bridgehead atoms. The molecule has 1 aliphatic heterocycles. The third-order valence-electron chi connectivity index (χ3n) is 4.79. The highest BCUT2D eigenvalue weighted by Crippen LogP contribution is 2.46. The molecule has 3 rings (SSSR count). The fourth-order valence-electron chi connectivity index (χ4n) is 3.75. The average molecular weight is 341 g/mol. The van der Waals surface area contributed by atoms with Crippen LogP contribution in [0.5, 0.6) is 5.75 Å². The summed E-state index contributed by atoms with van der Waals surface area (Å²) in [6.07, 6.45) is 3.26. The Bertz CT molecular complexity index is 763. The van der Waals surface area contributed by atoms with E-state index in [0.717, 1.165) is 23.4 Å². The molecule has 0 spiro atoms. The minimum Gasteiger partial charge on any atom is -0.496 e. The number of benzene rings is 1. The van der Waals surface area contributed by atoms with Gasteiger partial charge in [0, 0.05) is 29.3 Å². The lowest BCUT2D eigenvalue weighted by Gasteiger charge is -2.38. The molecule has 5 heteroatoms. The summed E-state index contributed by atoms with van der Waals surface area (Å²) in [6, 6.07) is 7.55. The van der Waals surface area contributed by atoms with Crippen molar-refractivity contribution < 1.29 is 19.1 Å². The van der Waals surface area contributed by atoms with Gasteiger partial charge in [0.1, 0.15) is 11.5 Å². The summed E-state index contributed by atoms with van der Waals surface area (Å²) >= 11 is 0. The fourth-order valence-corrected chi connectivity index (χ4v) is 3.75. The average Bonchev–Trinajstić information content (AvgIpc) is 2.60. The van der Waals surface area contributed by atoms with E-state index in [1.54, 1.807) is 14.0 Å². The van der Waals surface area contributed by atoms with Crippen molar-refractivity contribution in [2.45, 2.75) is 32.6 Å². The number of nitrogens with one attached hydrogen (secondary N) is 1. The zero-order chi connectivity index (χ0) is 18.0. The van der Waals surface area contributed by atoms with E-state index in [2.05, 4.69) is 11.4 Å². The Labute approximate surface area is 147 Å². The Morgan fingerprint density at radius 2 is 2.04 bits per heavy atom. The van der Waals surface area contributed by atoms with Crippen LogP contribution < -0.4 is 10.1 Å². The highest BCUT2D eigenvalue weighted by Gasteiger charge is 2.44. The van der Waals surface area contributed by atoms with Crippen molar-refractivity contribution >= 4 is 11.8 Å². The number of ether oxygens (including phenoxy) is 2. The van der Waals surface area contributed by atoms with Crippen LogP contribution in [0.4, 0.5) is 0 Å². The zero-order valence-corrected chi connectivity index (χ0v) is 14.8. The van der Waals surface area contributed by atoms with Gasteiger partial charge in [-0.05, 0) is 26.3 Å². The van der Waals surface area contributed by atoms with Crippen molar-refractivity contribution in [3.8, 4) is 5.75 Å². The van der Waals surface area contributed by atoms with Gasteiger partial charge in [0.2, 0.25) is 0 Å². The number of para-hydroxylation sites is 1. The van der Waals surface area contributed by atoms with Gasteiger partial charge in [-0.25, -0.2) is 4.79 Å².